The smallest absolute Gasteiger partial charge is 0.359 e. The van der Waals surface area contributed by atoms with Gasteiger partial charge in [-0.1, -0.05) is 84.0 Å². The van der Waals surface area contributed by atoms with Crippen LogP contribution in [0.4, 0.5) is 0 Å². The van der Waals surface area contributed by atoms with Gasteiger partial charge in [0.25, 0.3) is 5.60 Å². The number of carbonyl (C=O) groups is 1. The lowest BCUT2D eigenvalue weighted by Crippen LogP contribution is -2.44. The van der Waals surface area contributed by atoms with Gasteiger partial charge in [-0.3, -0.25) is 0 Å². The molecule has 0 unspecified atom stereocenters. The Hall–Kier alpha value is -3.60. The normalized spacial score (nSPS) is 20.6. The molecule has 146 valence electrons. The number of esters is 1. The number of phenolic OH excluding ortho intramolecular Hbond substituents is 1. The van der Waals surface area contributed by atoms with Gasteiger partial charge in [0, 0.05) is 5.56 Å². The van der Waals surface area contributed by atoms with E-state index in [9.17, 15) is 9.90 Å². The number of aromatic hydroxyl groups is 1. The molecule has 1 aliphatic rings. The van der Waals surface area contributed by atoms with Crippen molar-refractivity contribution >= 4 is 11.7 Å². The Morgan fingerprint density at radius 2 is 1.62 bits per heavy atom. The predicted octanol–water partition coefficient (Wildman–Crippen LogP) is 4.37. The number of oxime groups is 1. The molecule has 5 heteroatoms. The Balaban J connectivity index is 1.97. The van der Waals surface area contributed by atoms with Gasteiger partial charge in [-0.05, 0) is 18.6 Å². The summed E-state index contributed by atoms with van der Waals surface area (Å²) in [5, 5.41) is 15.0. The minimum Gasteiger partial charge on any atom is -0.507 e. The Bertz CT molecular complexity index is 1030. The molecule has 5 nitrogen and oxygen atoms in total. The number of carbonyl (C=O) groups excluding carboxylic acids is 1. The standard InChI is InChI=1S/C24H21NO4/c1-2-28-23(27)24(19-15-9-10-16-20(19)26)21(17-11-5-3-6-12-17)22(25-29-24)18-13-7-4-8-14-18/h3-16,21,26H,2H2,1H3/t21-,24-/m0/s1. The summed E-state index contributed by atoms with van der Waals surface area (Å²) in [5.41, 5.74) is 0.968. The second kappa shape index (κ2) is 7.80. The third-order valence-electron chi connectivity index (χ3n) is 5.05. The third kappa shape index (κ3) is 3.14. The molecule has 0 radical (unpaired) electrons. The molecule has 0 bridgehead atoms. The van der Waals surface area contributed by atoms with E-state index >= 15 is 0 Å². The van der Waals surface area contributed by atoms with Crippen LogP contribution in [0.1, 0.15) is 29.5 Å². The van der Waals surface area contributed by atoms with Gasteiger partial charge in [-0.15, -0.1) is 0 Å². The van der Waals surface area contributed by atoms with Gasteiger partial charge < -0.3 is 14.7 Å². The Kier molecular flexibility index (Phi) is 5.04. The van der Waals surface area contributed by atoms with E-state index in [4.69, 9.17) is 9.57 Å². The first kappa shape index (κ1) is 18.7. The molecule has 29 heavy (non-hydrogen) atoms. The lowest BCUT2D eigenvalue weighted by atomic mass is 9.73. The molecule has 1 N–H and O–H groups in total. The number of benzene rings is 3. The minimum absolute atomic E-state index is 0.0500. The van der Waals surface area contributed by atoms with E-state index in [0.717, 1.165) is 11.1 Å². The van der Waals surface area contributed by atoms with Gasteiger partial charge in [0.1, 0.15) is 5.75 Å². The van der Waals surface area contributed by atoms with Crippen molar-refractivity contribution in [2.75, 3.05) is 6.61 Å². The van der Waals surface area contributed by atoms with Crippen LogP contribution in [0.2, 0.25) is 0 Å². The lowest BCUT2D eigenvalue weighted by Gasteiger charge is -2.32. The summed E-state index contributed by atoms with van der Waals surface area (Å²) in [6.45, 7) is 1.92. The Morgan fingerprint density at radius 1 is 1.00 bits per heavy atom. The number of para-hydroxylation sites is 1. The van der Waals surface area contributed by atoms with Crippen molar-refractivity contribution in [3.8, 4) is 5.75 Å². The van der Waals surface area contributed by atoms with Gasteiger partial charge in [-0.2, -0.15) is 0 Å². The number of hydrogen-bond donors (Lipinski definition) is 1. The van der Waals surface area contributed by atoms with E-state index in [-0.39, 0.29) is 12.4 Å². The van der Waals surface area contributed by atoms with Crippen LogP contribution < -0.4 is 0 Å². The van der Waals surface area contributed by atoms with Crippen LogP contribution in [0.5, 0.6) is 5.75 Å². The molecule has 0 amide bonds. The van der Waals surface area contributed by atoms with Crippen molar-refractivity contribution in [3.63, 3.8) is 0 Å². The largest absolute Gasteiger partial charge is 0.507 e. The molecule has 4 rings (SSSR count). The maximum absolute atomic E-state index is 13.3. The first-order valence-electron chi connectivity index (χ1n) is 9.50. The van der Waals surface area contributed by atoms with Crippen molar-refractivity contribution in [2.45, 2.75) is 18.4 Å². The van der Waals surface area contributed by atoms with Crippen LogP contribution in [0.25, 0.3) is 0 Å². The second-order valence-corrected chi connectivity index (χ2v) is 6.75. The fourth-order valence-electron chi connectivity index (χ4n) is 3.78. The highest BCUT2D eigenvalue weighted by atomic mass is 16.7. The zero-order valence-electron chi connectivity index (χ0n) is 16.0. The Labute approximate surface area is 169 Å². The van der Waals surface area contributed by atoms with Gasteiger partial charge in [-0.25, -0.2) is 4.79 Å². The van der Waals surface area contributed by atoms with E-state index in [0.29, 0.717) is 11.3 Å². The van der Waals surface area contributed by atoms with E-state index in [1.54, 1.807) is 25.1 Å². The molecule has 0 spiro atoms. The Morgan fingerprint density at radius 3 is 2.28 bits per heavy atom. The molecule has 2 atom stereocenters. The molecule has 0 aromatic heterocycles. The number of nitrogens with zero attached hydrogens (tertiary/aromatic N) is 1. The van der Waals surface area contributed by atoms with Crippen molar-refractivity contribution in [2.24, 2.45) is 5.16 Å². The van der Waals surface area contributed by atoms with E-state index in [2.05, 4.69) is 5.16 Å². The zero-order chi connectivity index (χ0) is 20.3. The number of rotatable bonds is 5. The van der Waals surface area contributed by atoms with Gasteiger partial charge in [0.15, 0.2) is 0 Å². The summed E-state index contributed by atoms with van der Waals surface area (Å²) >= 11 is 0. The fraction of sp³-hybridized carbons (Fsp3) is 0.167. The predicted molar refractivity (Wildman–Crippen MR) is 110 cm³/mol. The fourth-order valence-corrected chi connectivity index (χ4v) is 3.78. The van der Waals surface area contributed by atoms with E-state index in [1.807, 2.05) is 60.7 Å². The van der Waals surface area contributed by atoms with E-state index in [1.165, 1.54) is 6.07 Å². The maximum Gasteiger partial charge on any atom is 0.359 e. The SMILES string of the molecule is CCOC(=O)[C@@]1(c2ccccc2O)ON=C(c2ccccc2)[C@@H]1c1ccccc1. The highest BCUT2D eigenvalue weighted by Crippen LogP contribution is 2.50. The average Bonchev–Trinajstić information content (AvgIpc) is 3.17. The molecular formula is C24H21NO4. The lowest BCUT2D eigenvalue weighted by molar-refractivity contribution is -0.172. The third-order valence-corrected chi connectivity index (χ3v) is 5.05. The molecule has 3 aromatic rings. The summed E-state index contributed by atoms with van der Waals surface area (Å²) in [6.07, 6.45) is 0. The first-order chi connectivity index (χ1) is 14.2. The average molecular weight is 387 g/mol. The second-order valence-electron chi connectivity index (χ2n) is 6.75. The van der Waals surface area contributed by atoms with Crippen LogP contribution in [0.3, 0.4) is 0 Å². The maximum atomic E-state index is 13.3. The minimum atomic E-state index is -1.63. The molecule has 1 aliphatic heterocycles. The number of ether oxygens (including phenoxy) is 1. The van der Waals surface area contributed by atoms with E-state index < -0.39 is 17.5 Å². The van der Waals surface area contributed by atoms with Crippen LogP contribution in [0, 0.1) is 0 Å². The summed E-state index contributed by atoms with van der Waals surface area (Å²) in [5.74, 6) is -1.24. The molecule has 0 saturated carbocycles. The van der Waals surface area contributed by atoms with Crippen molar-refractivity contribution in [3.05, 3.63) is 102 Å². The van der Waals surface area contributed by atoms with Crippen molar-refractivity contribution in [1.82, 2.24) is 0 Å². The number of hydrogen-bond acceptors (Lipinski definition) is 5. The van der Waals surface area contributed by atoms with Crippen molar-refractivity contribution in [1.29, 1.82) is 0 Å². The first-order valence-corrected chi connectivity index (χ1v) is 9.50. The highest BCUT2D eigenvalue weighted by molar-refractivity contribution is 6.10. The summed E-state index contributed by atoms with van der Waals surface area (Å²) in [4.78, 5) is 19.3. The molecule has 0 saturated heterocycles. The highest BCUT2D eigenvalue weighted by Gasteiger charge is 2.59. The molecule has 1 heterocycles. The number of phenols is 1. The monoisotopic (exact) mass is 387 g/mol. The van der Waals surface area contributed by atoms with Gasteiger partial charge in [0.05, 0.1) is 23.8 Å². The van der Waals surface area contributed by atoms with Crippen molar-refractivity contribution < 1.29 is 19.5 Å². The quantitative estimate of drug-likeness (QED) is 0.660. The molecular weight excluding hydrogens is 366 g/mol. The zero-order valence-corrected chi connectivity index (χ0v) is 16.0. The van der Waals surface area contributed by atoms with Crippen LogP contribution in [-0.4, -0.2) is 23.4 Å². The summed E-state index contributed by atoms with van der Waals surface area (Å²) in [7, 11) is 0. The summed E-state index contributed by atoms with van der Waals surface area (Å²) < 4.78 is 5.43. The van der Waals surface area contributed by atoms with Crippen LogP contribution in [0.15, 0.2) is 90.1 Å². The van der Waals surface area contributed by atoms with Crippen LogP contribution in [-0.2, 0) is 20.0 Å². The summed E-state index contributed by atoms with van der Waals surface area (Å²) in [6, 6.07) is 25.8. The molecule has 0 fully saturated rings. The van der Waals surface area contributed by atoms with Gasteiger partial charge >= 0.3 is 5.97 Å². The topological polar surface area (TPSA) is 68.1 Å². The van der Waals surface area contributed by atoms with Crippen LogP contribution >= 0.6 is 0 Å². The molecule has 0 aliphatic carbocycles. The molecule has 3 aromatic carbocycles. The van der Waals surface area contributed by atoms with Gasteiger partial charge in [0.2, 0.25) is 0 Å².